The van der Waals surface area contributed by atoms with E-state index in [4.69, 9.17) is 21.3 Å². The van der Waals surface area contributed by atoms with Gasteiger partial charge in [-0.2, -0.15) is 4.98 Å². The lowest BCUT2D eigenvalue weighted by Crippen LogP contribution is -2.59. The lowest BCUT2D eigenvalue weighted by molar-refractivity contribution is -0.137. The maximum absolute atomic E-state index is 15.6. The first-order valence-electron chi connectivity index (χ1n) is 21.2. The minimum Gasteiger partial charge on any atom is -0.478 e. The molecular weight excluding hydrogens is 819 g/mol. The van der Waals surface area contributed by atoms with Crippen molar-refractivity contribution in [1.29, 1.82) is 0 Å². The lowest BCUT2D eigenvalue weighted by Gasteiger charge is -2.50. The van der Waals surface area contributed by atoms with Gasteiger partial charge < -0.3 is 34.6 Å². The first kappa shape index (κ1) is 42.9. The fourth-order valence-electron chi connectivity index (χ4n) is 9.35. The molecule has 8 rings (SSSR count). The van der Waals surface area contributed by atoms with E-state index in [9.17, 15) is 24.0 Å². The summed E-state index contributed by atoms with van der Waals surface area (Å²) < 4.78 is 22.9. The Balaban J connectivity index is 0.888. The van der Waals surface area contributed by atoms with Crippen molar-refractivity contribution in [1.82, 2.24) is 35.0 Å². The standard InChI is InChI=1S/C44H52ClFN10O6/c1-25(2)56-33-7-6-29(18-26(33)20-36(42(56)61)62-24-38(58)47-5)49-39-31(45)22-48-43(51-39)53-14-16-54(17-15-53)44(3,4)28-10-12-52(13-11-28)35-19-27-23-55(41(60)30(27)21-32(35)46)34-8-9-37(57)50-40(34)59/h6-7,18-22,25,28,34H,8-17,23-24H2,1-5H3,(H,47,58)(H,48,49,51)(H,50,57,59). The molecule has 3 saturated heterocycles. The number of likely N-dealkylation sites (N-methyl/N-ethyl adjacent to an activating group) is 1. The molecule has 2 aromatic carbocycles. The van der Waals surface area contributed by atoms with Crippen LogP contribution in [0.3, 0.4) is 0 Å². The second kappa shape index (κ2) is 17.2. The van der Waals surface area contributed by atoms with Crippen LogP contribution >= 0.6 is 11.6 Å². The van der Waals surface area contributed by atoms with Crippen LogP contribution in [0.25, 0.3) is 10.9 Å². The second-order valence-electron chi connectivity index (χ2n) is 17.3. The maximum atomic E-state index is 15.6. The SMILES string of the molecule is CNC(=O)COc1cc2cc(Nc3nc(N4CCN(C(C)(C)C5CCN(c6cc7c(cc6F)C(=O)N(C6CCC(=O)NC6=O)C7)CC5)CC4)ncc3Cl)ccc2n(C(C)C)c1=O. The molecule has 0 radical (unpaired) electrons. The minimum atomic E-state index is -0.747. The van der Waals surface area contributed by atoms with E-state index in [2.05, 4.69) is 49.5 Å². The fraction of sp³-hybridized carbons (Fsp3) is 0.477. The van der Waals surface area contributed by atoms with Crippen LogP contribution in [0.5, 0.6) is 5.75 Å². The highest BCUT2D eigenvalue weighted by Crippen LogP contribution is 2.38. The molecule has 4 aliphatic heterocycles. The molecule has 16 nitrogen and oxygen atoms in total. The Hall–Kier alpha value is -5.81. The number of rotatable bonds is 11. The van der Waals surface area contributed by atoms with Gasteiger partial charge in [0.25, 0.3) is 17.4 Å². The molecular formula is C44H52ClFN10O6. The number of fused-ring (bicyclic) bond motifs is 2. The van der Waals surface area contributed by atoms with E-state index in [1.54, 1.807) is 22.9 Å². The van der Waals surface area contributed by atoms with Gasteiger partial charge in [-0.05, 0) is 94.8 Å². The number of amides is 4. The van der Waals surface area contributed by atoms with Crippen LogP contribution in [0.15, 0.2) is 47.4 Å². The zero-order valence-electron chi connectivity index (χ0n) is 35.6. The smallest absolute Gasteiger partial charge is 0.293 e. The van der Waals surface area contributed by atoms with Gasteiger partial charge in [-0.1, -0.05) is 11.6 Å². The number of nitrogens with one attached hydrogen (secondary N) is 3. The van der Waals surface area contributed by atoms with Crippen molar-refractivity contribution in [3.8, 4) is 5.75 Å². The minimum absolute atomic E-state index is 0.0786. The van der Waals surface area contributed by atoms with Crippen molar-refractivity contribution in [2.75, 3.05) is 68.0 Å². The van der Waals surface area contributed by atoms with Crippen LogP contribution in [0.2, 0.25) is 5.02 Å². The van der Waals surface area contributed by atoms with E-state index in [0.29, 0.717) is 65.8 Å². The molecule has 4 aliphatic rings. The predicted octanol–water partition coefficient (Wildman–Crippen LogP) is 4.61. The Bertz CT molecular complexity index is 2500. The average molecular weight is 871 g/mol. The topological polar surface area (TPSA) is 174 Å². The zero-order chi connectivity index (χ0) is 44.0. The molecule has 0 aliphatic carbocycles. The van der Waals surface area contributed by atoms with Gasteiger partial charge in [0.1, 0.15) is 16.9 Å². The third-order valence-corrected chi connectivity index (χ3v) is 13.2. The van der Waals surface area contributed by atoms with E-state index in [0.717, 1.165) is 36.8 Å². The summed E-state index contributed by atoms with van der Waals surface area (Å²) >= 11 is 6.62. The van der Waals surface area contributed by atoms with Gasteiger partial charge in [0.15, 0.2) is 18.2 Å². The third kappa shape index (κ3) is 8.27. The summed E-state index contributed by atoms with van der Waals surface area (Å²) in [4.78, 5) is 80.1. The van der Waals surface area contributed by atoms with Gasteiger partial charge in [0, 0.05) is 87.5 Å². The highest BCUT2D eigenvalue weighted by molar-refractivity contribution is 6.33. The number of nitrogens with zero attached hydrogens (tertiary/aromatic N) is 7. The fourth-order valence-corrected chi connectivity index (χ4v) is 9.49. The number of pyridine rings is 1. The number of piperazine rings is 1. The molecule has 3 N–H and O–H groups in total. The van der Waals surface area contributed by atoms with Crippen LogP contribution in [0.1, 0.15) is 75.3 Å². The van der Waals surface area contributed by atoms with Crippen molar-refractivity contribution < 1.29 is 28.3 Å². The summed E-state index contributed by atoms with van der Waals surface area (Å²) in [6, 6.07) is 9.40. The molecule has 0 spiro atoms. The molecule has 18 heteroatoms. The molecule has 3 fully saturated rings. The quantitative estimate of drug-likeness (QED) is 0.179. The van der Waals surface area contributed by atoms with Crippen molar-refractivity contribution in [3.05, 3.63) is 74.9 Å². The van der Waals surface area contributed by atoms with E-state index in [-0.39, 0.29) is 72.2 Å². The molecule has 4 amide bonds. The predicted molar refractivity (Wildman–Crippen MR) is 234 cm³/mol. The first-order chi connectivity index (χ1) is 29.6. The van der Waals surface area contributed by atoms with Crippen LogP contribution in [0.4, 0.5) is 27.5 Å². The number of imide groups is 1. The van der Waals surface area contributed by atoms with Gasteiger partial charge in [-0.15, -0.1) is 0 Å². The summed E-state index contributed by atoms with van der Waals surface area (Å²) in [5, 5.41) is 9.23. The van der Waals surface area contributed by atoms with Crippen molar-refractivity contribution >= 4 is 69.3 Å². The highest BCUT2D eigenvalue weighted by atomic mass is 35.5. The Morgan fingerprint density at radius 3 is 2.44 bits per heavy atom. The van der Waals surface area contributed by atoms with Gasteiger partial charge >= 0.3 is 0 Å². The number of hydrogen-bond acceptors (Lipinski definition) is 12. The number of ether oxygens (including phenoxy) is 1. The van der Waals surface area contributed by atoms with E-state index in [1.807, 2.05) is 32.0 Å². The Kier molecular flexibility index (Phi) is 11.9. The van der Waals surface area contributed by atoms with Gasteiger partial charge in [0.05, 0.1) is 17.4 Å². The van der Waals surface area contributed by atoms with Crippen molar-refractivity contribution in [2.45, 2.75) is 77.5 Å². The van der Waals surface area contributed by atoms with E-state index >= 15 is 4.39 Å². The van der Waals surface area contributed by atoms with Gasteiger partial charge in [0.2, 0.25) is 17.8 Å². The van der Waals surface area contributed by atoms with Crippen LogP contribution in [-0.2, 0) is 20.9 Å². The van der Waals surface area contributed by atoms with Gasteiger partial charge in [-0.3, -0.25) is 34.2 Å². The molecule has 328 valence electrons. The molecule has 2 aromatic heterocycles. The van der Waals surface area contributed by atoms with Crippen molar-refractivity contribution in [2.24, 2.45) is 5.92 Å². The average Bonchev–Trinajstić information content (AvgIpc) is 3.57. The Morgan fingerprint density at radius 1 is 1.00 bits per heavy atom. The third-order valence-electron chi connectivity index (χ3n) is 13.0. The number of piperidine rings is 2. The van der Waals surface area contributed by atoms with E-state index in [1.165, 1.54) is 18.0 Å². The number of halogens is 2. The second-order valence-corrected chi connectivity index (χ2v) is 17.7. The summed E-state index contributed by atoms with van der Waals surface area (Å²) in [7, 11) is 1.51. The molecule has 62 heavy (non-hydrogen) atoms. The number of anilines is 4. The number of carbonyl (C=O) groups excluding carboxylic acids is 4. The molecule has 4 aromatic rings. The van der Waals surface area contributed by atoms with Crippen LogP contribution in [0, 0.1) is 11.7 Å². The maximum Gasteiger partial charge on any atom is 0.293 e. The van der Waals surface area contributed by atoms with Gasteiger partial charge in [-0.25, -0.2) is 9.37 Å². The number of benzene rings is 2. The first-order valence-corrected chi connectivity index (χ1v) is 21.5. The Labute approximate surface area is 363 Å². The number of carbonyl (C=O) groups is 4. The normalized spacial score (nSPS) is 19.0. The molecule has 1 unspecified atom stereocenters. The van der Waals surface area contributed by atoms with Crippen molar-refractivity contribution in [3.63, 3.8) is 0 Å². The van der Waals surface area contributed by atoms with E-state index < -0.39 is 17.8 Å². The molecule has 0 saturated carbocycles. The number of hydrogen-bond donors (Lipinski definition) is 3. The molecule has 6 heterocycles. The highest BCUT2D eigenvalue weighted by Gasteiger charge is 2.42. The van der Waals surface area contributed by atoms with Crippen LogP contribution < -0.4 is 36.0 Å². The summed E-state index contributed by atoms with van der Waals surface area (Å²) in [5.41, 5.74) is 2.41. The lowest BCUT2D eigenvalue weighted by atomic mass is 9.78. The largest absolute Gasteiger partial charge is 0.478 e. The number of aromatic nitrogens is 3. The summed E-state index contributed by atoms with van der Waals surface area (Å²) in [5.74, 6) is -0.571. The summed E-state index contributed by atoms with van der Waals surface area (Å²) in [6.07, 6.45) is 3.75. The molecule has 0 bridgehead atoms. The Morgan fingerprint density at radius 2 is 1.74 bits per heavy atom. The van der Waals surface area contributed by atoms with Crippen LogP contribution in [-0.4, -0.2) is 112 Å². The monoisotopic (exact) mass is 870 g/mol. The zero-order valence-corrected chi connectivity index (χ0v) is 36.4. The molecule has 1 atom stereocenters. The summed E-state index contributed by atoms with van der Waals surface area (Å²) in [6.45, 7) is 12.7.